The second-order valence-corrected chi connectivity index (χ2v) is 4.31. The Morgan fingerprint density at radius 3 is 2.41 bits per heavy atom. The lowest BCUT2D eigenvalue weighted by Gasteiger charge is -2.06. The molecule has 0 saturated carbocycles. The monoisotopic (exact) mass is 241 g/mol. The van der Waals surface area contributed by atoms with Crippen LogP contribution in [0.4, 0.5) is 0 Å². The first-order valence-corrected chi connectivity index (χ1v) is 6.13. The number of nitrogens with zero attached hydrogens (tertiary/aromatic N) is 1. The molecule has 2 aromatic carbocycles. The van der Waals surface area contributed by atoms with Gasteiger partial charge in [0.25, 0.3) is 0 Å². The van der Waals surface area contributed by atoms with Crippen LogP contribution in [0.5, 0.6) is 0 Å². The van der Waals surface area contributed by atoms with Crippen LogP contribution in [0.3, 0.4) is 0 Å². The Labute approximate surface area is 105 Å². The number of fused-ring (bicyclic) bond motifs is 1. The van der Waals surface area contributed by atoms with Gasteiger partial charge in [-0.25, -0.2) is 0 Å². The normalized spacial score (nSPS) is 10.9. The number of hydrogen-bond donors (Lipinski definition) is 0. The van der Waals surface area contributed by atoms with Gasteiger partial charge < -0.3 is 4.57 Å². The third kappa shape index (κ3) is 1.83. The summed E-state index contributed by atoms with van der Waals surface area (Å²) in [7, 11) is 0. The van der Waals surface area contributed by atoms with Gasteiger partial charge >= 0.3 is 0 Å². The minimum Gasteiger partial charge on any atom is -0.317 e. The van der Waals surface area contributed by atoms with Crippen molar-refractivity contribution in [2.45, 2.75) is 5.88 Å². The Kier molecular flexibility index (Phi) is 2.62. The summed E-state index contributed by atoms with van der Waals surface area (Å²) in [5, 5.41) is 1.26. The zero-order valence-corrected chi connectivity index (χ0v) is 10.1. The second-order valence-electron chi connectivity index (χ2n) is 4.04. The molecule has 3 aromatic rings. The third-order valence-electron chi connectivity index (χ3n) is 2.97. The van der Waals surface area contributed by atoms with Crippen molar-refractivity contribution in [3.05, 3.63) is 66.4 Å². The van der Waals surface area contributed by atoms with Crippen molar-refractivity contribution < 1.29 is 0 Å². The lowest BCUT2D eigenvalue weighted by Crippen LogP contribution is -1.91. The zero-order chi connectivity index (χ0) is 11.7. The molecule has 1 heterocycles. The van der Waals surface area contributed by atoms with Gasteiger partial charge in [-0.2, -0.15) is 0 Å². The molecule has 0 aliphatic rings. The van der Waals surface area contributed by atoms with Gasteiger partial charge in [-0.3, -0.25) is 0 Å². The van der Waals surface area contributed by atoms with Crippen molar-refractivity contribution in [1.29, 1.82) is 0 Å². The van der Waals surface area contributed by atoms with Gasteiger partial charge in [-0.15, -0.1) is 11.6 Å². The molecular weight excluding hydrogens is 230 g/mol. The van der Waals surface area contributed by atoms with Crippen LogP contribution in [0.15, 0.2) is 60.8 Å². The van der Waals surface area contributed by atoms with Crippen LogP contribution < -0.4 is 0 Å². The van der Waals surface area contributed by atoms with E-state index in [1.165, 1.54) is 16.6 Å². The van der Waals surface area contributed by atoms with E-state index in [4.69, 9.17) is 11.6 Å². The van der Waals surface area contributed by atoms with Crippen molar-refractivity contribution in [2.24, 2.45) is 0 Å². The third-order valence-corrected chi connectivity index (χ3v) is 3.28. The highest BCUT2D eigenvalue weighted by Gasteiger charge is 2.01. The number of rotatable bonds is 2. The average molecular weight is 242 g/mol. The molecule has 3 rings (SSSR count). The van der Waals surface area contributed by atoms with Gasteiger partial charge in [0.2, 0.25) is 0 Å². The minimum absolute atomic E-state index is 0.562. The number of benzene rings is 2. The van der Waals surface area contributed by atoms with Crippen LogP contribution in [-0.2, 0) is 5.88 Å². The number of halogens is 1. The van der Waals surface area contributed by atoms with E-state index < -0.39 is 0 Å². The van der Waals surface area contributed by atoms with Crippen LogP contribution in [0.2, 0.25) is 0 Å². The predicted octanol–water partition coefficient (Wildman–Crippen LogP) is 4.37. The molecule has 0 N–H and O–H groups in total. The summed E-state index contributed by atoms with van der Waals surface area (Å²) in [5.41, 5.74) is 3.54. The van der Waals surface area contributed by atoms with Crippen molar-refractivity contribution in [1.82, 2.24) is 4.57 Å². The molecule has 0 radical (unpaired) electrons. The Bertz CT molecular complexity index is 637. The summed E-state index contributed by atoms with van der Waals surface area (Å²) in [6, 6.07) is 18.8. The van der Waals surface area contributed by atoms with E-state index in [-0.39, 0.29) is 0 Å². The molecule has 17 heavy (non-hydrogen) atoms. The van der Waals surface area contributed by atoms with Crippen LogP contribution in [-0.4, -0.2) is 4.57 Å². The number of alkyl halides is 1. The topological polar surface area (TPSA) is 4.93 Å². The predicted molar refractivity (Wildman–Crippen MR) is 72.8 cm³/mol. The highest BCUT2D eigenvalue weighted by atomic mass is 35.5. The summed E-state index contributed by atoms with van der Waals surface area (Å²) >= 11 is 5.79. The summed E-state index contributed by atoms with van der Waals surface area (Å²) in [6.45, 7) is 0. The van der Waals surface area contributed by atoms with E-state index in [2.05, 4.69) is 65.4 Å². The fourth-order valence-electron chi connectivity index (χ4n) is 2.05. The van der Waals surface area contributed by atoms with Gasteiger partial charge in [-0.1, -0.05) is 30.3 Å². The van der Waals surface area contributed by atoms with E-state index in [1.54, 1.807) is 0 Å². The lowest BCUT2D eigenvalue weighted by atomic mass is 10.2. The quantitative estimate of drug-likeness (QED) is 0.587. The molecule has 0 fully saturated rings. The first-order chi connectivity index (χ1) is 8.38. The molecule has 84 valence electrons. The molecule has 0 unspecified atom stereocenters. The van der Waals surface area contributed by atoms with Crippen molar-refractivity contribution in [3.63, 3.8) is 0 Å². The van der Waals surface area contributed by atoms with Crippen LogP contribution in [0.25, 0.3) is 16.6 Å². The van der Waals surface area contributed by atoms with Crippen molar-refractivity contribution >= 4 is 22.5 Å². The molecular formula is C15H12ClN. The van der Waals surface area contributed by atoms with E-state index in [0.717, 1.165) is 5.56 Å². The van der Waals surface area contributed by atoms with Gasteiger partial charge in [0.05, 0.1) is 5.52 Å². The molecule has 0 bridgehead atoms. The number of hydrogen-bond acceptors (Lipinski definition) is 0. The summed E-state index contributed by atoms with van der Waals surface area (Å²) < 4.78 is 2.19. The summed E-state index contributed by atoms with van der Waals surface area (Å²) in [4.78, 5) is 0. The molecule has 0 aliphatic carbocycles. The molecule has 1 nitrogen and oxygen atoms in total. The van der Waals surface area contributed by atoms with Crippen molar-refractivity contribution in [2.75, 3.05) is 0 Å². The fraction of sp³-hybridized carbons (Fsp3) is 0.0667. The van der Waals surface area contributed by atoms with Gasteiger partial charge in [-0.05, 0) is 35.2 Å². The Balaban J connectivity index is 2.13. The average Bonchev–Trinajstić information content (AvgIpc) is 2.83. The van der Waals surface area contributed by atoms with E-state index in [0.29, 0.717) is 5.88 Å². The maximum absolute atomic E-state index is 5.79. The SMILES string of the molecule is ClCc1ccc(-n2ccc3ccccc32)cc1. The van der Waals surface area contributed by atoms with Gasteiger partial charge in [0.1, 0.15) is 0 Å². The molecule has 0 amide bonds. The Morgan fingerprint density at radius 2 is 1.65 bits per heavy atom. The smallest absolute Gasteiger partial charge is 0.0528 e. The highest BCUT2D eigenvalue weighted by molar-refractivity contribution is 6.17. The first kappa shape index (κ1) is 10.4. The second kappa shape index (κ2) is 4.27. The maximum atomic E-state index is 5.79. The molecule has 0 saturated heterocycles. The molecule has 0 spiro atoms. The van der Waals surface area contributed by atoms with E-state index in [1.807, 2.05) is 0 Å². The molecule has 2 heteroatoms. The van der Waals surface area contributed by atoms with Crippen molar-refractivity contribution in [3.8, 4) is 5.69 Å². The zero-order valence-electron chi connectivity index (χ0n) is 9.31. The number of aromatic nitrogens is 1. The Hall–Kier alpha value is -1.73. The first-order valence-electron chi connectivity index (χ1n) is 5.60. The van der Waals surface area contributed by atoms with Crippen LogP contribution >= 0.6 is 11.6 Å². The summed E-state index contributed by atoms with van der Waals surface area (Å²) in [5.74, 6) is 0.562. The largest absolute Gasteiger partial charge is 0.317 e. The molecule has 1 aromatic heterocycles. The van der Waals surface area contributed by atoms with Gasteiger partial charge in [0.15, 0.2) is 0 Å². The standard InChI is InChI=1S/C15H12ClN/c16-11-12-5-7-14(8-6-12)17-10-9-13-3-1-2-4-15(13)17/h1-10H,11H2. The van der Waals surface area contributed by atoms with Gasteiger partial charge in [0, 0.05) is 17.8 Å². The van der Waals surface area contributed by atoms with Crippen LogP contribution in [0, 0.1) is 0 Å². The highest BCUT2D eigenvalue weighted by Crippen LogP contribution is 2.20. The maximum Gasteiger partial charge on any atom is 0.0528 e. The minimum atomic E-state index is 0.562. The number of para-hydroxylation sites is 1. The molecule has 0 aliphatic heterocycles. The van der Waals surface area contributed by atoms with Crippen LogP contribution in [0.1, 0.15) is 5.56 Å². The lowest BCUT2D eigenvalue weighted by molar-refractivity contribution is 1.12. The van der Waals surface area contributed by atoms with E-state index >= 15 is 0 Å². The Morgan fingerprint density at radius 1 is 0.882 bits per heavy atom. The summed E-state index contributed by atoms with van der Waals surface area (Å²) in [6.07, 6.45) is 2.10. The fourth-order valence-corrected chi connectivity index (χ4v) is 2.23. The van der Waals surface area contributed by atoms with E-state index in [9.17, 15) is 0 Å². The molecule has 0 atom stereocenters.